The third-order valence-electron chi connectivity index (χ3n) is 7.66. The molecule has 0 fully saturated rings. The van der Waals surface area contributed by atoms with Crippen LogP contribution in [0.15, 0.2) is 84.9 Å². The zero-order valence-electron chi connectivity index (χ0n) is 28.2. The van der Waals surface area contributed by atoms with Crippen LogP contribution in [-0.2, 0) is 28.1 Å². The molecule has 3 aromatic rings. The quantitative estimate of drug-likeness (QED) is 0.0587. The van der Waals surface area contributed by atoms with Crippen LogP contribution in [0.5, 0.6) is 0 Å². The molecule has 0 saturated heterocycles. The van der Waals surface area contributed by atoms with Gasteiger partial charge in [-0.25, -0.2) is 0 Å². The molecule has 9 nitrogen and oxygen atoms in total. The van der Waals surface area contributed by atoms with Crippen LogP contribution in [0.2, 0.25) is 0 Å². The summed E-state index contributed by atoms with van der Waals surface area (Å²) >= 11 is 0. The molecule has 7 N–H and O–H groups in total. The van der Waals surface area contributed by atoms with Crippen LogP contribution in [0.4, 0.5) is 11.4 Å². The van der Waals surface area contributed by atoms with Crippen molar-refractivity contribution < 1.29 is 14.4 Å². The molecule has 0 spiro atoms. The van der Waals surface area contributed by atoms with Crippen molar-refractivity contribution in [3.8, 4) is 0 Å². The van der Waals surface area contributed by atoms with Gasteiger partial charge in [0, 0.05) is 31.6 Å². The van der Waals surface area contributed by atoms with Crippen molar-refractivity contribution in [2.24, 2.45) is 0 Å². The molecule has 0 aliphatic heterocycles. The highest BCUT2D eigenvalue weighted by Crippen LogP contribution is 2.22. The van der Waals surface area contributed by atoms with E-state index in [1.807, 2.05) is 0 Å². The summed E-state index contributed by atoms with van der Waals surface area (Å²) in [5.41, 5.74) is 11.2. The maximum atomic E-state index is 12.5. The Morgan fingerprint density at radius 3 is 2.06 bits per heavy atom. The first kappa shape index (κ1) is 37.0. The predicted molar refractivity (Wildman–Crippen MR) is 192 cm³/mol. The largest absolute Gasteiger partial charge is 0.397 e. The maximum absolute atomic E-state index is 12.5. The Morgan fingerprint density at radius 1 is 0.723 bits per heavy atom. The number of amides is 3. The summed E-state index contributed by atoms with van der Waals surface area (Å²) in [6.45, 7) is 11.4. The maximum Gasteiger partial charge on any atom is 0.255 e. The van der Waals surface area contributed by atoms with E-state index in [1.165, 1.54) is 17.2 Å². The molecule has 3 rings (SSSR count). The SMILES string of the molecule is CC(C)(C)c1ccc(CNCCCCNCCCNC(=O)CCC=CC(=O)NCc2ccc(C(=O)Nc3ccccc3N)cc2)cc1. The number of para-hydroxylation sites is 2. The number of benzene rings is 3. The molecular formula is C38H52N6O3. The highest BCUT2D eigenvalue weighted by Gasteiger charge is 2.12. The van der Waals surface area contributed by atoms with E-state index in [-0.39, 0.29) is 23.1 Å². The molecule has 0 radical (unpaired) electrons. The van der Waals surface area contributed by atoms with Crippen LogP contribution in [0.25, 0.3) is 0 Å². The monoisotopic (exact) mass is 640 g/mol. The van der Waals surface area contributed by atoms with Gasteiger partial charge in [0.15, 0.2) is 0 Å². The van der Waals surface area contributed by atoms with E-state index in [1.54, 1.807) is 54.6 Å². The predicted octanol–water partition coefficient (Wildman–Crippen LogP) is 5.44. The van der Waals surface area contributed by atoms with Gasteiger partial charge in [0.25, 0.3) is 5.91 Å². The normalized spacial score (nSPS) is 11.4. The summed E-state index contributed by atoms with van der Waals surface area (Å²) in [5, 5.41) is 15.5. The van der Waals surface area contributed by atoms with E-state index in [0.717, 1.165) is 51.0 Å². The Bertz CT molecular complexity index is 1430. The minimum absolute atomic E-state index is 0.0201. The third-order valence-corrected chi connectivity index (χ3v) is 7.66. The molecule has 0 unspecified atom stereocenters. The van der Waals surface area contributed by atoms with Crippen LogP contribution < -0.4 is 32.3 Å². The van der Waals surface area contributed by atoms with Crippen molar-refractivity contribution in [1.82, 2.24) is 21.3 Å². The number of nitrogens with two attached hydrogens (primary N) is 1. The fourth-order valence-corrected chi connectivity index (χ4v) is 4.74. The van der Waals surface area contributed by atoms with Gasteiger partial charge in [0.2, 0.25) is 11.8 Å². The number of rotatable bonds is 19. The minimum Gasteiger partial charge on any atom is -0.397 e. The van der Waals surface area contributed by atoms with E-state index in [2.05, 4.69) is 71.6 Å². The molecular weight excluding hydrogens is 588 g/mol. The molecule has 0 bridgehead atoms. The Kier molecular flexibility index (Phi) is 15.7. The van der Waals surface area contributed by atoms with Gasteiger partial charge in [-0.2, -0.15) is 0 Å². The number of hydrogen-bond donors (Lipinski definition) is 6. The average Bonchev–Trinajstić information content (AvgIpc) is 3.05. The zero-order valence-corrected chi connectivity index (χ0v) is 28.2. The summed E-state index contributed by atoms with van der Waals surface area (Å²) < 4.78 is 0. The summed E-state index contributed by atoms with van der Waals surface area (Å²) in [7, 11) is 0. The lowest BCUT2D eigenvalue weighted by molar-refractivity contribution is -0.121. The molecule has 3 aromatic carbocycles. The van der Waals surface area contributed by atoms with Gasteiger partial charge in [-0.1, -0.05) is 75.4 Å². The Morgan fingerprint density at radius 2 is 1.36 bits per heavy atom. The number of carbonyl (C=O) groups excluding carboxylic acids is 3. The van der Waals surface area contributed by atoms with Crippen LogP contribution in [0.1, 0.15) is 79.9 Å². The molecule has 0 saturated carbocycles. The first-order valence-corrected chi connectivity index (χ1v) is 16.6. The average molecular weight is 641 g/mol. The second kappa shape index (κ2) is 19.9. The first-order valence-electron chi connectivity index (χ1n) is 16.6. The van der Waals surface area contributed by atoms with Crippen molar-refractivity contribution in [2.45, 2.75) is 71.4 Å². The summed E-state index contributed by atoms with van der Waals surface area (Å²) in [6, 6.07) is 22.9. The molecule has 252 valence electrons. The molecule has 0 aliphatic rings. The highest BCUT2D eigenvalue weighted by atomic mass is 16.2. The zero-order chi connectivity index (χ0) is 33.9. The Labute approximate surface area is 280 Å². The van der Waals surface area contributed by atoms with E-state index in [4.69, 9.17) is 5.73 Å². The van der Waals surface area contributed by atoms with E-state index < -0.39 is 0 Å². The van der Waals surface area contributed by atoms with Crippen molar-refractivity contribution in [1.29, 1.82) is 0 Å². The fraction of sp³-hybridized carbons (Fsp3) is 0.395. The van der Waals surface area contributed by atoms with Gasteiger partial charge < -0.3 is 32.3 Å². The number of carbonyl (C=O) groups is 3. The summed E-state index contributed by atoms with van der Waals surface area (Å²) in [5.74, 6) is -0.515. The standard InChI is InChI=1S/C38H52N6O3/c1-38(2,3)32-21-17-29(18-22-32)27-41-24-9-8-23-40-25-10-26-42-35(45)13-6-7-14-36(46)43-28-30-15-19-31(20-16-30)37(47)44-34-12-5-4-11-33(34)39/h4-5,7,11-12,14-22,40-41H,6,8-10,13,23-28,39H2,1-3H3,(H,42,45)(H,43,46)(H,44,47). The minimum atomic E-state index is -0.258. The van der Waals surface area contributed by atoms with Crippen molar-refractivity contribution >= 4 is 29.1 Å². The van der Waals surface area contributed by atoms with Gasteiger partial charge in [-0.15, -0.1) is 0 Å². The summed E-state index contributed by atoms with van der Waals surface area (Å²) in [4.78, 5) is 36.7. The lowest BCUT2D eigenvalue weighted by Crippen LogP contribution is -2.27. The first-order chi connectivity index (χ1) is 22.6. The van der Waals surface area contributed by atoms with E-state index in [9.17, 15) is 14.4 Å². The molecule has 47 heavy (non-hydrogen) atoms. The van der Waals surface area contributed by atoms with Gasteiger partial charge in [0.1, 0.15) is 0 Å². The van der Waals surface area contributed by atoms with Crippen molar-refractivity contribution in [3.05, 3.63) is 107 Å². The number of anilines is 2. The molecule has 0 heterocycles. The fourth-order valence-electron chi connectivity index (χ4n) is 4.74. The molecule has 9 heteroatoms. The van der Waals surface area contributed by atoms with Crippen molar-refractivity contribution in [2.75, 3.05) is 37.2 Å². The Hall–Kier alpha value is -4.47. The van der Waals surface area contributed by atoms with Crippen LogP contribution in [0.3, 0.4) is 0 Å². The number of nitrogen functional groups attached to an aromatic ring is 1. The smallest absolute Gasteiger partial charge is 0.255 e. The van der Waals surface area contributed by atoms with Crippen molar-refractivity contribution in [3.63, 3.8) is 0 Å². The van der Waals surface area contributed by atoms with Gasteiger partial charge >= 0.3 is 0 Å². The van der Waals surface area contributed by atoms with Crippen LogP contribution >= 0.6 is 0 Å². The summed E-state index contributed by atoms with van der Waals surface area (Å²) in [6.07, 6.45) is 7.08. The second-order valence-corrected chi connectivity index (χ2v) is 12.7. The van der Waals surface area contributed by atoms with Gasteiger partial charge in [0.05, 0.1) is 11.4 Å². The highest BCUT2D eigenvalue weighted by molar-refractivity contribution is 6.05. The van der Waals surface area contributed by atoms with Gasteiger partial charge in [-0.05, 0) is 97.8 Å². The molecule has 0 aliphatic carbocycles. The number of hydrogen-bond acceptors (Lipinski definition) is 6. The number of allylic oxidation sites excluding steroid dienone is 1. The molecule has 0 aromatic heterocycles. The molecule has 0 atom stereocenters. The van der Waals surface area contributed by atoms with Crippen LogP contribution in [-0.4, -0.2) is 43.9 Å². The lowest BCUT2D eigenvalue weighted by atomic mass is 9.87. The van der Waals surface area contributed by atoms with Crippen LogP contribution in [0, 0.1) is 0 Å². The molecule has 3 amide bonds. The third kappa shape index (κ3) is 14.7. The van der Waals surface area contributed by atoms with E-state index >= 15 is 0 Å². The second-order valence-electron chi connectivity index (χ2n) is 12.7. The van der Waals surface area contributed by atoms with E-state index in [0.29, 0.717) is 42.9 Å². The Balaban J connectivity index is 1.14. The topological polar surface area (TPSA) is 137 Å². The lowest BCUT2D eigenvalue weighted by Gasteiger charge is -2.19. The van der Waals surface area contributed by atoms with Gasteiger partial charge in [-0.3, -0.25) is 14.4 Å². The number of nitrogens with one attached hydrogen (secondary N) is 5. The number of unbranched alkanes of at least 4 members (excludes halogenated alkanes) is 1.